The van der Waals surface area contributed by atoms with E-state index in [1.54, 1.807) is 7.05 Å². The lowest BCUT2D eigenvalue weighted by molar-refractivity contribution is -0.862. The number of carbonyl (C=O) groups is 3. The van der Waals surface area contributed by atoms with Crippen molar-refractivity contribution >= 4 is 17.6 Å². The van der Waals surface area contributed by atoms with Crippen LogP contribution < -0.4 is 16.5 Å². The Hall–Kier alpha value is -2.44. The van der Waals surface area contributed by atoms with Crippen LogP contribution >= 0.6 is 0 Å². The molecule has 0 bridgehead atoms. The highest BCUT2D eigenvalue weighted by molar-refractivity contribution is 5.87. The minimum Gasteiger partial charge on any atom is -0.347 e. The Morgan fingerprint density at radius 2 is 1.93 bits per heavy atom. The lowest BCUT2D eigenvalue weighted by Gasteiger charge is -2.25. The Kier molecular flexibility index (Phi) is 10.3. The second-order valence-electron chi connectivity index (χ2n) is 7.93. The number of quaternary nitrogens is 1. The number of tetrazole rings is 1. The molecule has 0 radical (unpaired) electrons. The summed E-state index contributed by atoms with van der Waals surface area (Å²) in [4.78, 5) is 41.9. The number of carbonyl (C=O) groups excluding carboxylic acids is 3. The van der Waals surface area contributed by atoms with Crippen molar-refractivity contribution in [2.24, 2.45) is 12.9 Å². The molecule has 0 saturated carbocycles. The number of rotatable bonds is 14. The van der Waals surface area contributed by atoms with Crippen LogP contribution in [-0.4, -0.2) is 82.6 Å². The molecule has 12 heteroatoms. The number of likely N-dealkylation sites (N-methyl/N-ethyl adjacent to an activating group) is 1. The van der Waals surface area contributed by atoms with Crippen molar-refractivity contribution in [2.75, 3.05) is 34.3 Å². The molecule has 0 spiro atoms. The Morgan fingerprint density at radius 1 is 1.21 bits per heavy atom. The number of nitrogens with zero attached hydrogens (tertiary/aromatic N) is 5. The first kappa shape index (κ1) is 24.6. The minimum absolute atomic E-state index is 0.0606. The molecule has 0 aromatic carbocycles. The van der Waals surface area contributed by atoms with Crippen LogP contribution in [-0.2, 0) is 32.8 Å². The molecular weight excluding hydrogens is 380 g/mol. The van der Waals surface area contributed by atoms with Crippen LogP contribution in [0.3, 0.4) is 0 Å². The molecule has 29 heavy (non-hydrogen) atoms. The van der Waals surface area contributed by atoms with Crippen molar-refractivity contribution in [1.29, 1.82) is 0 Å². The third-order valence-electron chi connectivity index (χ3n) is 3.93. The van der Waals surface area contributed by atoms with Crippen LogP contribution in [0.2, 0.25) is 0 Å². The van der Waals surface area contributed by atoms with E-state index in [4.69, 9.17) is 5.90 Å². The van der Waals surface area contributed by atoms with Gasteiger partial charge in [-0.15, -0.1) is 10.2 Å². The van der Waals surface area contributed by atoms with Gasteiger partial charge in [-0.05, 0) is 18.1 Å². The Bertz CT molecular complexity index is 671. The predicted molar refractivity (Wildman–Crippen MR) is 104 cm³/mol. The van der Waals surface area contributed by atoms with Gasteiger partial charge in [0, 0.05) is 6.42 Å². The molecule has 2 amide bonds. The minimum atomic E-state index is -0.672. The summed E-state index contributed by atoms with van der Waals surface area (Å²) >= 11 is 0. The van der Waals surface area contributed by atoms with Crippen molar-refractivity contribution in [3.05, 3.63) is 5.82 Å². The zero-order valence-corrected chi connectivity index (χ0v) is 17.7. The summed E-state index contributed by atoms with van der Waals surface area (Å²) in [7, 11) is 7.33. The molecule has 1 aromatic heterocycles. The molecule has 1 heterocycles. The summed E-state index contributed by atoms with van der Waals surface area (Å²) in [5, 5.41) is 17.1. The van der Waals surface area contributed by atoms with Gasteiger partial charge in [0.25, 0.3) is 5.91 Å². The van der Waals surface area contributed by atoms with E-state index in [-0.39, 0.29) is 37.3 Å². The van der Waals surface area contributed by atoms with Gasteiger partial charge in [0.05, 0.1) is 34.7 Å². The number of nitrogens with one attached hydrogen (secondary N) is 2. The van der Waals surface area contributed by atoms with Crippen molar-refractivity contribution in [3.63, 3.8) is 0 Å². The van der Waals surface area contributed by atoms with Crippen molar-refractivity contribution in [3.8, 4) is 0 Å². The molecule has 4 N–H and O–H groups in total. The van der Waals surface area contributed by atoms with Gasteiger partial charge in [0.2, 0.25) is 5.91 Å². The van der Waals surface area contributed by atoms with Crippen LogP contribution in [0.5, 0.6) is 0 Å². The molecule has 0 aliphatic carbocycles. The van der Waals surface area contributed by atoms with Gasteiger partial charge in [0.15, 0.2) is 18.2 Å². The van der Waals surface area contributed by atoms with Crippen LogP contribution in [0.15, 0.2) is 0 Å². The maximum absolute atomic E-state index is 12.6. The van der Waals surface area contributed by atoms with E-state index in [0.717, 1.165) is 6.42 Å². The third-order valence-corrected chi connectivity index (χ3v) is 3.93. The van der Waals surface area contributed by atoms with Gasteiger partial charge >= 0.3 is 0 Å². The summed E-state index contributed by atoms with van der Waals surface area (Å²) in [6, 6.07) is -0.672. The van der Waals surface area contributed by atoms with Gasteiger partial charge in [-0.1, -0.05) is 12.8 Å². The zero-order valence-electron chi connectivity index (χ0n) is 17.7. The predicted octanol–water partition coefficient (Wildman–Crippen LogP) is -1.57. The fraction of sp³-hybridized carbons (Fsp3) is 0.765. The van der Waals surface area contributed by atoms with E-state index in [0.29, 0.717) is 36.0 Å². The molecule has 1 aromatic rings. The molecule has 0 unspecified atom stereocenters. The number of aromatic nitrogens is 4. The lowest BCUT2D eigenvalue weighted by Crippen LogP contribution is -2.51. The van der Waals surface area contributed by atoms with Crippen molar-refractivity contribution in [2.45, 2.75) is 44.7 Å². The normalized spacial score (nSPS) is 12.4. The molecule has 0 fully saturated rings. The Labute approximate surface area is 170 Å². The third kappa shape index (κ3) is 11.2. The topological polar surface area (TPSA) is 154 Å². The first-order valence-electron chi connectivity index (χ1n) is 9.54. The molecule has 164 valence electrons. The smallest absolute Gasteiger partial charge is 0.275 e. The van der Waals surface area contributed by atoms with Crippen LogP contribution in [0.25, 0.3) is 0 Å². The van der Waals surface area contributed by atoms with E-state index in [2.05, 4.69) is 30.9 Å². The average Bonchev–Trinajstić information content (AvgIpc) is 3.02. The number of unbranched alkanes of at least 4 members (excludes halogenated alkanes) is 2. The van der Waals surface area contributed by atoms with Crippen LogP contribution in [0.4, 0.5) is 0 Å². The molecule has 1 atom stereocenters. The van der Waals surface area contributed by atoms with Gasteiger partial charge < -0.3 is 15.1 Å². The highest BCUT2D eigenvalue weighted by Gasteiger charge is 2.23. The molecule has 12 nitrogen and oxygen atoms in total. The van der Waals surface area contributed by atoms with Crippen molar-refractivity contribution < 1.29 is 23.7 Å². The molecule has 0 aliphatic rings. The second kappa shape index (κ2) is 12.2. The maximum atomic E-state index is 12.6. The fourth-order valence-corrected chi connectivity index (χ4v) is 2.64. The number of amides is 2. The molecular formula is C17H33N8O4+. The Balaban J connectivity index is 2.54. The number of ketones is 1. The zero-order chi connectivity index (χ0) is 21.9. The first-order chi connectivity index (χ1) is 13.6. The maximum Gasteiger partial charge on any atom is 0.275 e. The quantitative estimate of drug-likeness (QED) is 0.188. The number of aryl methyl sites for hydroxylation is 1. The van der Waals surface area contributed by atoms with Crippen molar-refractivity contribution in [1.82, 2.24) is 30.8 Å². The standard InChI is InChI=1S/C17H32N8O4/c1-24-22-15(21-23-24)10-19-17(28)14(20-16(27)11-25(2,3)4)9-7-5-6-8-13(26)12-29-18/h14H,5-12,18H2,1-4H3,(H-,19,20,27,28)/p+1/t14-/m0/s1. The molecule has 0 aliphatic heterocycles. The number of hydrogen-bond acceptors (Lipinski definition) is 8. The first-order valence-corrected chi connectivity index (χ1v) is 9.54. The highest BCUT2D eigenvalue weighted by Crippen LogP contribution is 2.07. The number of Topliss-reactive ketones (excluding diaryl/α,β-unsaturated/α-hetero) is 1. The fourth-order valence-electron chi connectivity index (χ4n) is 2.64. The second-order valence-corrected chi connectivity index (χ2v) is 7.93. The number of hydrogen-bond donors (Lipinski definition) is 3. The average molecular weight is 414 g/mol. The lowest BCUT2D eigenvalue weighted by atomic mass is 10.1. The van der Waals surface area contributed by atoms with Crippen LogP contribution in [0, 0.1) is 0 Å². The summed E-state index contributed by atoms with van der Waals surface area (Å²) in [6.45, 7) is 0.285. The summed E-state index contributed by atoms with van der Waals surface area (Å²) < 4.78 is 0.453. The summed E-state index contributed by atoms with van der Waals surface area (Å²) in [6.07, 6.45) is 2.94. The Morgan fingerprint density at radius 3 is 2.52 bits per heavy atom. The monoisotopic (exact) mass is 413 g/mol. The van der Waals surface area contributed by atoms with E-state index in [1.165, 1.54) is 4.80 Å². The van der Waals surface area contributed by atoms with E-state index in [1.807, 2.05) is 21.1 Å². The highest BCUT2D eigenvalue weighted by atomic mass is 16.6. The molecule has 0 saturated heterocycles. The van der Waals surface area contributed by atoms with Gasteiger partial charge in [-0.2, -0.15) is 4.80 Å². The van der Waals surface area contributed by atoms with Gasteiger partial charge in [-0.25, -0.2) is 5.90 Å². The van der Waals surface area contributed by atoms with Crippen LogP contribution in [0.1, 0.15) is 37.9 Å². The molecule has 1 rings (SSSR count). The largest absolute Gasteiger partial charge is 0.347 e. The number of nitrogens with two attached hydrogens (primary N) is 1. The summed E-state index contributed by atoms with van der Waals surface area (Å²) in [5.41, 5.74) is 0. The van der Waals surface area contributed by atoms with Gasteiger partial charge in [-0.3, -0.25) is 19.2 Å². The van der Waals surface area contributed by atoms with E-state index < -0.39 is 6.04 Å². The SMILES string of the molecule is Cn1nnc(CNC(=O)[C@H](CCCCCC(=O)CON)NC(=O)C[N+](C)(C)C)n1. The van der Waals surface area contributed by atoms with E-state index in [9.17, 15) is 14.4 Å². The van der Waals surface area contributed by atoms with Gasteiger partial charge in [0.1, 0.15) is 12.6 Å². The van der Waals surface area contributed by atoms with E-state index >= 15 is 0 Å². The summed E-state index contributed by atoms with van der Waals surface area (Å²) in [5.74, 6) is 4.69.